The topological polar surface area (TPSA) is 35.5 Å². The smallest absolute Gasteiger partial charge is 0.0434 e. The van der Waals surface area contributed by atoms with Crippen LogP contribution in [-0.4, -0.2) is 49.3 Å². The molecule has 1 unspecified atom stereocenters. The largest absolute Gasteiger partial charge is 0.396 e. The lowest BCUT2D eigenvalue weighted by Crippen LogP contribution is -2.48. The van der Waals surface area contributed by atoms with E-state index < -0.39 is 0 Å². The summed E-state index contributed by atoms with van der Waals surface area (Å²) in [6.07, 6.45) is 9.21. The molecule has 2 rings (SSSR count). The van der Waals surface area contributed by atoms with Crippen molar-refractivity contribution in [3.8, 4) is 0 Å². The Labute approximate surface area is 131 Å². The van der Waals surface area contributed by atoms with Gasteiger partial charge < -0.3 is 15.3 Å². The first kappa shape index (κ1) is 17.2. The lowest BCUT2D eigenvalue weighted by atomic mass is 9.70. The van der Waals surface area contributed by atoms with Crippen LogP contribution in [0.5, 0.6) is 0 Å². The molecule has 21 heavy (non-hydrogen) atoms. The summed E-state index contributed by atoms with van der Waals surface area (Å²) in [6, 6.07) is 0. The Balaban J connectivity index is 1.91. The Hall–Kier alpha value is -0.120. The van der Waals surface area contributed by atoms with Gasteiger partial charge in [-0.3, -0.25) is 0 Å². The molecule has 2 aliphatic rings. The van der Waals surface area contributed by atoms with E-state index in [2.05, 4.69) is 24.1 Å². The van der Waals surface area contributed by atoms with Crippen molar-refractivity contribution in [3.63, 3.8) is 0 Å². The predicted molar refractivity (Wildman–Crippen MR) is 89.5 cm³/mol. The maximum absolute atomic E-state index is 9.19. The van der Waals surface area contributed by atoms with Gasteiger partial charge in [-0.1, -0.05) is 26.7 Å². The van der Waals surface area contributed by atoms with Crippen molar-refractivity contribution in [3.05, 3.63) is 0 Å². The van der Waals surface area contributed by atoms with Crippen LogP contribution >= 0.6 is 0 Å². The van der Waals surface area contributed by atoms with Crippen LogP contribution in [0.1, 0.15) is 58.8 Å². The molecule has 3 heteroatoms. The number of aliphatic hydroxyl groups excluding tert-OH is 1. The van der Waals surface area contributed by atoms with Crippen LogP contribution in [0.3, 0.4) is 0 Å². The standard InChI is InChI=1S/C18H36N2O/c1-3-19-14-18(9-6-16(2)7-10-18)15-20-11-4-5-17(13-20)8-12-21/h16-17,19,21H,3-15H2,1-2H3. The molecule has 2 N–H and O–H groups in total. The molecular weight excluding hydrogens is 260 g/mol. The highest BCUT2D eigenvalue weighted by Crippen LogP contribution is 2.39. The molecule has 0 spiro atoms. The molecule has 1 heterocycles. The van der Waals surface area contributed by atoms with Gasteiger partial charge in [0.1, 0.15) is 0 Å². The zero-order chi connectivity index (χ0) is 15.1. The third-order valence-corrected chi connectivity index (χ3v) is 5.78. The van der Waals surface area contributed by atoms with Gasteiger partial charge in [0, 0.05) is 26.2 Å². The normalized spacial score (nSPS) is 35.0. The van der Waals surface area contributed by atoms with E-state index in [-0.39, 0.29) is 0 Å². The lowest BCUT2D eigenvalue weighted by molar-refractivity contribution is 0.0575. The Morgan fingerprint density at radius 2 is 2.00 bits per heavy atom. The second-order valence-corrected chi connectivity index (χ2v) is 7.72. The first-order chi connectivity index (χ1) is 10.2. The van der Waals surface area contributed by atoms with Crippen LogP contribution in [0, 0.1) is 17.3 Å². The predicted octanol–water partition coefficient (Wildman–Crippen LogP) is 2.89. The SMILES string of the molecule is CCNCC1(CN2CCCC(CCO)C2)CCC(C)CC1. The molecule has 1 aliphatic carbocycles. The summed E-state index contributed by atoms with van der Waals surface area (Å²) in [4.78, 5) is 2.71. The summed E-state index contributed by atoms with van der Waals surface area (Å²) in [5.74, 6) is 1.64. The van der Waals surface area contributed by atoms with Crippen LogP contribution < -0.4 is 5.32 Å². The molecule has 0 bridgehead atoms. The van der Waals surface area contributed by atoms with E-state index in [1.807, 2.05) is 0 Å². The number of nitrogens with zero attached hydrogens (tertiary/aromatic N) is 1. The zero-order valence-corrected chi connectivity index (χ0v) is 14.2. The van der Waals surface area contributed by atoms with Gasteiger partial charge in [-0.25, -0.2) is 0 Å². The van der Waals surface area contributed by atoms with Crippen LogP contribution in [0.4, 0.5) is 0 Å². The summed E-state index contributed by atoms with van der Waals surface area (Å²) < 4.78 is 0. The van der Waals surface area contributed by atoms with E-state index in [1.54, 1.807) is 0 Å². The van der Waals surface area contributed by atoms with E-state index in [1.165, 1.54) is 64.7 Å². The number of aliphatic hydroxyl groups is 1. The highest BCUT2D eigenvalue weighted by Gasteiger charge is 2.36. The van der Waals surface area contributed by atoms with Crippen molar-refractivity contribution in [1.82, 2.24) is 10.2 Å². The third-order valence-electron chi connectivity index (χ3n) is 5.78. The molecule has 0 radical (unpaired) electrons. The average molecular weight is 296 g/mol. The molecule has 0 aromatic rings. The first-order valence-electron chi connectivity index (χ1n) is 9.21. The molecule has 1 atom stereocenters. The monoisotopic (exact) mass is 296 g/mol. The lowest BCUT2D eigenvalue weighted by Gasteiger charge is -2.45. The molecule has 1 saturated carbocycles. The van der Waals surface area contributed by atoms with Gasteiger partial charge in [0.2, 0.25) is 0 Å². The van der Waals surface area contributed by atoms with Crippen LogP contribution in [0.2, 0.25) is 0 Å². The third kappa shape index (κ3) is 5.22. The van der Waals surface area contributed by atoms with Crippen molar-refractivity contribution in [1.29, 1.82) is 0 Å². The van der Waals surface area contributed by atoms with Gasteiger partial charge in [-0.2, -0.15) is 0 Å². The van der Waals surface area contributed by atoms with E-state index in [9.17, 15) is 5.11 Å². The van der Waals surface area contributed by atoms with Gasteiger partial charge in [0.05, 0.1) is 0 Å². The Kier molecular flexibility index (Phi) is 6.97. The van der Waals surface area contributed by atoms with Crippen molar-refractivity contribution >= 4 is 0 Å². The molecule has 0 amide bonds. The first-order valence-corrected chi connectivity index (χ1v) is 9.21. The molecule has 0 aromatic carbocycles. The van der Waals surface area contributed by atoms with Crippen molar-refractivity contribution < 1.29 is 5.11 Å². The Bertz CT molecular complexity index is 279. The van der Waals surface area contributed by atoms with E-state index >= 15 is 0 Å². The highest BCUT2D eigenvalue weighted by molar-refractivity contribution is 4.90. The average Bonchev–Trinajstić information content (AvgIpc) is 2.49. The molecule has 2 fully saturated rings. The minimum atomic E-state index is 0.360. The van der Waals surface area contributed by atoms with Gasteiger partial charge >= 0.3 is 0 Å². The van der Waals surface area contributed by atoms with Crippen molar-refractivity contribution in [2.75, 3.05) is 39.3 Å². The zero-order valence-electron chi connectivity index (χ0n) is 14.2. The van der Waals surface area contributed by atoms with Gasteiger partial charge in [0.25, 0.3) is 0 Å². The summed E-state index contributed by atoms with van der Waals surface area (Å²) >= 11 is 0. The van der Waals surface area contributed by atoms with Gasteiger partial charge in [-0.05, 0) is 62.4 Å². The van der Waals surface area contributed by atoms with Crippen LogP contribution in [0.25, 0.3) is 0 Å². The second-order valence-electron chi connectivity index (χ2n) is 7.72. The summed E-state index contributed by atoms with van der Waals surface area (Å²) in [5.41, 5.74) is 0.504. The summed E-state index contributed by atoms with van der Waals surface area (Å²) in [6.45, 7) is 11.0. The quantitative estimate of drug-likeness (QED) is 0.758. The number of hydrogen-bond donors (Lipinski definition) is 2. The summed E-state index contributed by atoms with van der Waals surface area (Å²) in [5, 5.41) is 12.8. The van der Waals surface area contributed by atoms with Gasteiger partial charge in [-0.15, -0.1) is 0 Å². The molecule has 1 saturated heterocycles. The molecule has 0 aromatic heterocycles. The molecule has 124 valence electrons. The molecule has 3 nitrogen and oxygen atoms in total. The maximum Gasteiger partial charge on any atom is 0.0434 e. The number of likely N-dealkylation sites (tertiary alicyclic amines) is 1. The minimum absolute atomic E-state index is 0.360. The van der Waals surface area contributed by atoms with E-state index in [0.717, 1.165) is 24.8 Å². The number of piperidine rings is 1. The number of rotatable bonds is 7. The minimum Gasteiger partial charge on any atom is -0.396 e. The maximum atomic E-state index is 9.19. The van der Waals surface area contributed by atoms with Crippen molar-refractivity contribution in [2.24, 2.45) is 17.3 Å². The highest BCUT2D eigenvalue weighted by atomic mass is 16.3. The van der Waals surface area contributed by atoms with E-state index in [4.69, 9.17) is 0 Å². The molecular formula is C18H36N2O. The Morgan fingerprint density at radius 1 is 1.24 bits per heavy atom. The summed E-state index contributed by atoms with van der Waals surface area (Å²) in [7, 11) is 0. The number of nitrogens with one attached hydrogen (secondary N) is 1. The van der Waals surface area contributed by atoms with Crippen LogP contribution in [0.15, 0.2) is 0 Å². The van der Waals surface area contributed by atoms with Crippen LogP contribution in [-0.2, 0) is 0 Å². The molecule has 1 aliphatic heterocycles. The van der Waals surface area contributed by atoms with E-state index in [0.29, 0.717) is 12.0 Å². The second kappa shape index (κ2) is 8.50. The van der Waals surface area contributed by atoms with Crippen molar-refractivity contribution in [2.45, 2.75) is 58.8 Å². The fourth-order valence-electron chi connectivity index (χ4n) is 4.34. The number of hydrogen-bond acceptors (Lipinski definition) is 3. The van der Waals surface area contributed by atoms with Gasteiger partial charge in [0.15, 0.2) is 0 Å². The fourth-order valence-corrected chi connectivity index (χ4v) is 4.34. The fraction of sp³-hybridized carbons (Fsp3) is 1.00. The Morgan fingerprint density at radius 3 is 2.67 bits per heavy atom.